The van der Waals surface area contributed by atoms with Gasteiger partial charge in [-0.05, 0) is 24.6 Å². The molecule has 0 aliphatic carbocycles. The Kier molecular flexibility index (Phi) is 5.58. The van der Waals surface area contributed by atoms with Gasteiger partial charge in [0.25, 0.3) is 10.2 Å². The number of rotatable bonds is 7. The van der Waals surface area contributed by atoms with Gasteiger partial charge in [-0.25, -0.2) is 0 Å². The molecule has 0 saturated heterocycles. The average molecular weight is 271 g/mol. The molecule has 3 N–H and O–H groups in total. The SMILES string of the molecule is CNCc1ccccc1NS(=O)(=O)NCC(C)C. The standard InChI is InChI=1S/C12H21N3O2S/c1-10(2)8-14-18(16,17)15-12-7-5-4-6-11(12)9-13-3/h4-7,10,13-15H,8-9H2,1-3H3. The van der Waals surface area contributed by atoms with Crippen molar-refractivity contribution in [1.29, 1.82) is 0 Å². The molecule has 0 fully saturated rings. The van der Waals surface area contributed by atoms with Gasteiger partial charge in [0.15, 0.2) is 0 Å². The molecule has 0 bridgehead atoms. The Morgan fingerprint density at radius 1 is 1.22 bits per heavy atom. The lowest BCUT2D eigenvalue weighted by molar-refractivity contribution is 0.565. The molecule has 0 radical (unpaired) electrons. The molecule has 0 spiro atoms. The lowest BCUT2D eigenvalue weighted by atomic mass is 10.2. The molecule has 6 heteroatoms. The number of para-hydroxylation sites is 1. The lowest BCUT2D eigenvalue weighted by Gasteiger charge is -2.13. The predicted molar refractivity (Wildman–Crippen MR) is 74.6 cm³/mol. The second-order valence-electron chi connectivity index (χ2n) is 4.54. The lowest BCUT2D eigenvalue weighted by Crippen LogP contribution is -2.33. The molecule has 0 aliphatic heterocycles. The van der Waals surface area contributed by atoms with Gasteiger partial charge in [0.1, 0.15) is 0 Å². The first-order chi connectivity index (χ1) is 8.44. The van der Waals surface area contributed by atoms with E-state index in [9.17, 15) is 8.42 Å². The smallest absolute Gasteiger partial charge is 0.299 e. The molecule has 102 valence electrons. The zero-order valence-electron chi connectivity index (χ0n) is 11.0. The molecular weight excluding hydrogens is 250 g/mol. The highest BCUT2D eigenvalue weighted by Crippen LogP contribution is 2.15. The number of nitrogens with one attached hydrogen (secondary N) is 3. The van der Waals surface area contributed by atoms with Crippen LogP contribution in [0.15, 0.2) is 24.3 Å². The molecule has 0 aromatic heterocycles. The van der Waals surface area contributed by atoms with Crippen LogP contribution in [0.3, 0.4) is 0 Å². The summed E-state index contributed by atoms with van der Waals surface area (Å²) in [6.07, 6.45) is 0. The Bertz CT molecular complexity index is 472. The summed E-state index contributed by atoms with van der Waals surface area (Å²) in [5, 5.41) is 3.01. The van der Waals surface area contributed by atoms with Crippen molar-refractivity contribution >= 4 is 15.9 Å². The van der Waals surface area contributed by atoms with Crippen LogP contribution < -0.4 is 14.8 Å². The summed E-state index contributed by atoms with van der Waals surface area (Å²) in [5.41, 5.74) is 1.51. The molecule has 0 unspecified atom stereocenters. The van der Waals surface area contributed by atoms with Crippen LogP contribution in [0.25, 0.3) is 0 Å². The maximum absolute atomic E-state index is 11.8. The van der Waals surface area contributed by atoms with Gasteiger partial charge in [0.2, 0.25) is 0 Å². The molecule has 0 heterocycles. The summed E-state index contributed by atoms with van der Waals surface area (Å²) in [6.45, 7) is 4.95. The summed E-state index contributed by atoms with van der Waals surface area (Å²) in [7, 11) is -1.68. The Labute approximate surface area is 109 Å². The minimum atomic E-state index is -3.50. The molecule has 1 aromatic carbocycles. The third-order valence-corrected chi connectivity index (χ3v) is 3.35. The molecule has 0 amide bonds. The quantitative estimate of drug-likeness (QED) is 0.700. The van der Waals surface area contributed by atoms with Gasteiger partial charge in [-0.3, -0.25) is 4.72 Å². The predicted octanol–water partition coefficient (Wildman–Crippen LogP) is 1.31. The summed E-state index contributed by atoms with van der Waals surface area (Å²) in [5.74, 6) is 0.272. The van der Waals surface area contributed by atoms with E-state index in [1.807, 2.05) is 33.0 Å². The zero-order valence-corrected chi connectivity index (χ0v) is 11.8. The number of anilines is 1. The topological polar surface area (TPSA) is 70.2 Å². The van der Waals surface area contributed by atoms with Crippen LogP contribution in [0, 0.1) is 5.92 Å². The van der Waals surface area contributed by atoms with Crippen LogP contribution in [-0.2, 0) is 16.8 Å². The van der Waals surface area contributed by atoms with E-state index >= 15 is 0 Å². The Hall–Kier alpha value is -1.11. The van der Waals surface area contributed by atoms with E-state index < -0.39 is 10.2 Å². The van der Waals surface area contributed by atoms with Gasteiger partial charge in [-0.1, -0.05) is 32.0 Å². The first-order valence-corrected chi connectivity index (χ1v) is 7.43. The zero-order chi connectivity index (χ0) is 13.6. The van der Waals surface area contributed by atoms with E-state index in [1.54, 1.807) is 12.1 Å². The van der Waals surface area contributed by atoms with Crippen LogP contribution in [0.1, 0.15) is 19.4 Å². The van der Waals surface area contributed by atoms with Gasteiger partial charge >= 0.3 is 0 Å². The fraction of sp³-hybridized carbons (Fsp3) is 0.500. The fourth-order valence-corrected chi connectivity index (χ4v) is 2.54. The normalized spacial score (nSPS) is 11.8. The van der Waals surface area contributed by atoms with Crippen molar-refractivity contribution in [2.24, 2.45) is 5.92 Å². The maximum Gasteiger partial charge on any atom is 0.299 e. The summed E-state index contributed by atoms with van der Waals surface area (Å²) < 4.78 is 28.7. The average Bonchev–Trinajstić information content (AvgIpc) is 2.29. The van der Waals surface area contributed by atoms with E-state index in [0.717, 1.165) is 5.56 Å². The van der Waals surface area contributed by atoms with Crippen molar-refractivity contribution in [2.45, 2.75) is 20.4 Å². The second-order valence-corrected chi connectivity index (χ2v) is 6.03. The van der Waals surface area contributed by atoms with E-state index in [0.29, 0.717) is 18.8 Å². The van der Waals surface area contributed by atoms with E-state index in [1.165, 1.54) is 0 Å². The summed E-state index contributed by atoms with van der Waals surface area (Å²) in [4.78, 5) is 0. The largest absolute Gasteiger partial charge is 0.316 e. The highest BCUT2D eigenvalue weighted by atomic mass is 32.2. The van der Waals surface area contributed by atoms with Crippen LogP contribution >= 0.6 is 0 Å². The minimum absolute atomic E-state index is 0.272. The Morgan fingerprint density at radius 2 is 1.89 bits per heavy atom. The highest BCUT2D eigenvalue weighted by molar-refractivity contribution is 7.90. The fourth-order valence-electron chi connectivity index (χ4n) is 1.42. The van der Waals surface area contributed by atoms with Crippen LogP contribution in [0.5, 0.6) is 0 Å². The molecule has 5 nitrogen and oxygen atoms in total. The third-order valence-electron chi connectivity index (χ3n) is 2.31. The van der Waals surface area contributed by atoms with E-state index in [4.69, 9.17) is 0 Å². The highest BCUT2D eigenvalue weighted by Gasteiger charge is 2.12. The van der Waals surface area contributed by atoms with Gasteiger partial charge < -0.3 is 5.32 Å². The Balaban J connectivity index is 2.77. The third kappa shape index (κ3) is 5.03. The first-order valence-electron chi connectivity index (χ1n) is 5.94. The van der Waals surface area contributed by atoms with Crippen LogP contribution in [0.4, 0.5) is 5.69 Å². The van der Waals surface area contributed by atoms with Crippen LogP contribution in [0.2, 0.25) is 0 Å². The second kappa shape index (κ2) is 6.72. The van der Waals surface area contributed by atoms with Gasteiger partial charge in [0, 0.05) is 13.1 Å². The van der Waals surface area contributed by atoms with Crippen molar-refractivity contribution in [1.82, 2.24) is 10.0 Å². The molecule has 0 aliphatic rings. The summed E-state index contributed by atoms with van der Waals surface area (Å²) in [6, 6.07) is 7.32. The van der Waals surface area contributed by atoms with Crippen molar-refractivity contribution in [2.75, 3.05) is 18.3 Å². The number of hydrogen-bond donors (Lipinski definition) is 3. The van der Waals surface area contributed by atoms with Crippen molar-refractivity contribution in [3.63, 3.8) is 0 Å². The molecule has 1 aromatic rings. The van der Waals surface area contributed by atoms with E-state index in [-0.39, 0.29) is 5.92 Å². The van der Waals surface area contributed by atoms with Crippen LogP contribution in [-0.4, -0.2) is 22.0 Å². The van der Waals surface area contributed by atoms with Gasteiger partial charge in [0.05, 0.1) is 5.69 Å². The Morgan fingerprint density at radius 3 is 2.50 bits per heavy atom. The van der Waals surface area contributed by atoms with E-state index in [2.05, 4.69) is 14.8 Å². The number of benzene rings is 1. The molecule has 0 atom stereocenters. The minimum Gasteiger partial charge on any atom is -0.316 e. The van der Waals surface area contributed by atoms with Crippen molar-refractivity contribution < 1.29 is 8.42 Å². The van der Waals surface area contributed by atoms with Crippen molar-refractivity contribution in [3.8, 4) is 0 Å². The molecule has 18 heavy (non-hydrogen) atoms. The molecule has 0 saturated carbocycles. The molecule has 1 rings (SSSR count). The monoisotopic (exact) mass is 271 g/mol. The summed E-state index contributed by atoms with van der Waals surface area (Å²) >= 11 is 0. The maximum atomic E-state index is 11.8. The molecular formula is C12H21N3O2S. The van der Waals surface area contributed by atoms with Crippen molar-refractivity contribution in [3.05, 3.63) is 29.8 Å². The first kappa shape index (κ1) is 14.9. The van der Waals surface area contributed by atoms with Gasteiger partial charge in [-0.15, -0.1) is 0 Å². The number of hydrogen-bond acceptors (Lipinski definition) is 3. The van der Waals surface area contributed by atoms with Gasteiger partial charge in [-0.2, -0.15) is 13.1 Å².